The van der Waals surface area contributed by atoms with Crippen LogP contribution in [0.1, 0.15) is 0 Å². The van der Waals surface area contributed by atoms with Crippen LogP contribution in [0.25, 0.3) is 10.8 Å². The predicted molar refractivity (Wildman–Crippen MR) is 75.2 cm³/mol. The molecule has 0 fully saturated rings. The third kappa shape index (κ3) is 3.80. The normalized spacial score (nSPS) is 13.6. The number of halogens is 6. The molecule has 0 spiro atoms. The first-order chi connectivity index (χ1) is 11.7. The number of alkyl halides is 6. The number of fused-ring (bicyclic) bond motifs is 1. The summed E-state index contributed by atoms with van der Waals surface area (Å²) in [5, 5.41) is -0.369. The van der Waals surface area contributed by atoms with Crippen molar-refractivity contribution in [2.24, 2.45) is 0 Å². The first-order valence-corrected chi connectivity index (χ1v) is 9.00. The van der Waals surface area contributed by atoms with E-state index in [1.54, 1.807) is 0 Å². The van der Waals surface area contributed by atoms with Crippen molar-refractivity contribution in [3.8, 4) is 11.5 Å². The Balaban J connectivity index is 2.69. The summed E-state index contributed by atoms with van der Waals surface area (Å²) in [6.07, 6.45) is 0. The molecule has 0 radical (unpaired) electrons. The second kappa shape index (κ2) is 6.19. The molecule has 0 aliphatic rings. The molecule has 0 aliphatic carbocycles. The maximum absolute atomic E-state index is 12.5. The minimum atomic E-state index is -6.31. The first kappa shape index (κ1) is 20.1. The number of rotatable bonds is 4. The molecule has 0 N–H and O–H groups in total. The van der Waals surface area contributed by atoms with Gasteiger partial charge in [-0.15, -0.1) is 0 Å². The molecule has 0 aliphatic heterocycles. The van der Waals surface area contributed by atoms with Crippen molar-refractivity contribution in [3.05, 3.63) is 36.4 Å². The Morgan fingerprint density at radius 2 is 1.19 bits per heavy atom. The molecule has 26 heavy (non-hydrogen) atoms. The van der Waals surface area contributed by atoms with Gasteiger partial charge in [-0.05, 0) is 11.5 Å². The lowest BCUT2D eigenvalue weighted by Gasteiger charge is -2.16. The Kier molecular flexibility index (Phi) is 4.78. The monoisotopic (exact) mass is 424 g/mol. The van der Waals surface area contributed by atoms with E-state index in [0.717, 1.165) is 12.1 Å². The standard InChI is InChI=1S/C12H6F6O6S2/c13-11(14,15)25(19,20)23-9-6-5-7-3-1-2-4-8(7)10(9)24-26(21,22)12(16,17)18/h1-6H. The van der Waals surface area contributed by atoms with E-state index < -0.39 is 48.1 Å². The molecule has 0 unspecified atom stereocenters. The van der Waals surface area contributed by atoms with Crippen LogP contribution in [0, 0.1) is 0 Å². The quantitative estimate of drug-likeness (QED) is 0.425. The maximum atomic E-state index is 12.5. The lowest BCUT2D eigenvalue weighted by atomic mass is 10.1. The van der Waals surface area contributed by atoms with Gasteiger partial charge in [0.2, 0.25) is 0 Å². The van der Waals surface area contributed by atoms with Crippen molar-refractivity contribution in [2.45, 2.75) is 11.0 Å². The summed E-state index contributed by atoms with van der Waals surface area (Å²) in [5.41, 5.74) is -11.8. The fourth-order valence-corrected chi connectivity index (χ4v) is 2.64. The van der Waals surface area contributed by atoms with E-state index >= 15 is 0 Å². The zero-order valence-electron chi connectivity index (χ0n) is 12.0. The van der Waals surface area contributed by atoms with Crippen LogP contribution < -0.4 is 8.37 Å². The van der Waals surface area contributed by atoms with Gasteiger partial charge in [0.25, 0.3) is 0 Å². The fraction of sp³-hybridized carbons (Fsp3) is 0.167. The molecule has 0 atom stereocenters. The Labute approximate surface area is 142 Å². The zero-order valence-corrected chi connectivity index (χ0v) is 13.6. The van der Waals surface area contributed by atoms with Gasteiger partial charge in [-0.2, -0.15) is 43.2 Å². The smallest absolute Gasteiger partial charge is 0.372 e. The summed E-state index contributed by atoms with van der Waals surface area (Å²) in [5.74, 6) is -2.73. The van der Waals surface area contributed by atoms with Gasteiger partial charge < -0.3 is 8.37 Å². The average Bonchev–Trinajstić information content (AvgIpc) is 2.47. The van der Waals surface area contributed by atoms with E-state index in [0.29, 0.717) is 6.07 Å². The van der Waals surface area contributed by atoms with Gasteiger partial charge in [0.15, 0.2) is 11.5 Å². The highest BCUT2D eigenvalue weighted by molar-refractivity contribution is 7.88. The van der Waals surface area contributed by atoms with Crippen molar-refractivity contribution in [1.82, 2.24) is 0 Å². The van der Waals surface area contributed by atoms with Crippen LogP contribution >= 0.6 is 0 Å². The molecule has 0 amide bonds. The van der Waals surface area contributed by atoms with Crippen molar-refractivity contribution in [3.63, 3.8) is 0 Å². The molecule has 0 saturated carbocycles. The molecule has 144 valence electrons. The Hall–Kier alpha value is -2.22. The van der Waals surface area contributed by atoms with E-state index in [2.05, 4.69) is 8.37 Å². The van der Waals surface area contributed by atoms with Gasteiger partial charge in [-0.25, -0.2) is 0 Å². The number of hydrogen-bond donors (Lipinski definition) is 0. The minimum Gasteiger partial charge on any atom is -0.372 e. The lowest BCUT2D eigenvalue weighted by Crippen LogP contribution is -2.30. The molecule has 2 aromatic carbocycles. The summed E-state index contributed by atoms with van der Waals surface area (Å²) < 4.78 is 127. The molecule has 0 bridgehead atoms. The van der Waals surface area contributed by atoms with Crippen LogP contribution in [0.5, 0.6) is 11.5 Å². The number of benzene rings is 2. The van der Waals surface area contributed by atoms with Gasteiger partial charge in [0.1, 0.15) is 0 Å². The van der Waals surface area contributed by atoms with Crippen LogP contribution in [-0.4, -0.2) is 27.9 Å². The largest absolute Gasteiger partial charge is 0.534 e. The molecule has 0 saturated heterocycles. The van der Waals surface area contributed by atoms with Crippen molar-refractivity contribution >= 4 is 31.0 Å². The van der Waals surface area contributed by atoms with Crippen molar-refractivity contribution < 1.29 is 51.5 Å². The SMILES string of the molecule is O=S(=O)(Oc1ccc2ccccc2c1OS(=O)(=O)C(F)(F)F)C(F)(F)F. The highest BCUT2D eigenvalue weighted by Crippen LogP contribution is 2.41. The molecular formula is C12H6F6O6S2. The summed E-state index contributed by atoms with van der Waals surface area (Å²) in [4.78, 5) is 0. The topological polar surface area (TPSA) is 86.7 Å². The summed E-state index contributed by atoms with van der Waals surface area (Å²) in [6.45, 7) is 0. The van der Waals surface area contributed by atoms with E-state index in [-0.39, 0.29) is 5.39 Å². The van der Waals surface area contributed by atoms with E-state index in [9.17, 15) is 43.2 Å². The van der Waals surface area contributed by atoms with E-state index in [1.807, 2.05) is 0 Å². The van der Waals surface area contributed by atoms with Crippen LogP contribution in [0.4, 0.5) is 26.3 Å². The second-order valence-corrected chi connectivity index (χ2v) is 7.66. The molecule has 2 aromatic rings. The summed E-state index contributed by atoms with van der Waals surface area (Å²) in [7, 11) is -12.6. The van der Waals surface area contributed by atoms with E-state index in [1.165, 1.54) is 18.2 Å². The molecule has 0 aromatic heterocycles. The van der Waals surface area contributed by atoms with Crippen molar-refractivity contribution in [1.29, 1.82) is 0 Å². The predicted octanol–water partition coefficient (Wildman–Crippen LogP) is 3.30. The Morgan fingerprint density at radius 1 is 0.692 bits per heavy atom. The van der Waals surface area contributed by atoms with Gasteiger partial charge in [-0.1, -0.05) is 30.3 Å². The fourth-order valence-electron chi connectivity index (χ4n) is 1.70. The van der Waals surface area contributed by atoms with Crippen LogP contribution in [0.2, 0.25) is 0 Å². The average molecular weight is 424 g/mol. The zero-order chi connectivity index (χ0) is 20.0. The third-order valence-electron chi connectivity index (χ3n) is 2.80. The highest BCUT2D eigenvalue weighted by atomic mass is 32.2. The van der Waals surface area contributed by atoms with Gasteiger partial charge in [-0.3, -0.25) is 0 Å². The second-order valence-electron chi connectivity index (χ2n) is 4.58. The lowest BCUT2D eigenvalue weighted by molar-refractivity contribution is -0.0512. The minimum absolute atomic E-state index is 0.0524. The first-order valence-electron chi connectivity index (χ1n) is 6.19. The molecule has 0 heterocycles. The number of hydrogen-bond acceptors (Lipinski definition) is 6. The van der Waals surface area contributed by atoms with Crippen LogP contribution in [-0.2, 0) is 20.2 Å². The molecule has 14 heteroatoms. The van der Waals surface area contributed by atoms with E-state index in [4.69, 9.17) is 0 Å². The van der Waals surface area contributed by atoms with Gasteiger partial charge in [0, 0.05) is 5.39 Å². The summed E-state index contributed by atoms with van der Waals surface area (Å²) in [6, 6.07) is 6.40. The Bertz CT molecular complexity index is 1040. The molecule has 2 rings (SSSR count). The van der Waals surface area contributed by atoms with Gasteiger partial charge in [0.05, 0.1) is 0 Å². The maximum Gasteiger partial charge on any atom is 0.534 e. The highest BCUT2D eigenvalue weighted by Gasteiger charge is 2.51. The Morgan fingerprint density at radius 3 is 1.73 bits per heavy atom. The molecular weight excluding hydrogens is 418 g/mol. The van der Waals surface area contributed by atoms with Crippen molar-refractivity contribution in [2.75, 3.05) is 0 Å². The van der Waals surface area contributed by atoms with Crippen LogP contribution in [0.15, 0.2) is 36.4 Å². The summed E-state index contributed by atoms with van der Waals surface area (Å²) >= 11 is 0. The third-order valence-corrected chi connectivity index (χ3v) is 4.72. The molecule has 6 nitrogen and oxygen atoms in total. The van der Waals surface area contributed by atoms with Crippen LogP contribution in [0.3, 0.4) is 0 Å². The van der Waals surface area contributed by atoms with Gasteiger partial charge >= 0.3 is 31.3 Å².